The maximum atomic E-state index is 11.5. The highest BCUT2D eigenvalue weighted by Crippen LogP contribution is 2.31. The first kappa shape index (κ1) is 14.9. The number of nitrogens with two attached hydrogens (primary N) is 1. The molecule has 0 radical (unpaired) electrons. The minimum atomic E-state index is -2.87. The number of hydrogen-bond donors (Lipinski definition) is 1. The van der Waals surface area contributed by atoms with Crippen molar-refractivity contribution in [3.63, 3.8) is 0 Å². The van der Waals surface area contributed by atoms with Crippen molar-refractivity contribution in [3.8, 4) is 0 Å². The molecule has 17 heavy (non-hydrogen) atoms. The number of hydrogen-bond acceptors (Lipinski definition) is 4. The molecule has 0 spiro atoms. The molecule has 1 fully saturated rings. The van der Waals surface area contributed by atoms with Crippen molar-refractivity contribution in [1.82, 2.24) is 4.90 Å². The van der Waals surface area contributed by atoms with Crippen molar-refractivity contribution < 1.29 is 8.42 Å². The van der Waals surface area contributed by atoms with E-state index < -0.39 is 9.84 Å². The van der Waals surface area contributed by atoms with E-state index in [1.165, 1.54) is 19.3 Å². The van der Waals surface area contributed by atoms with Gasteiger partial charge >= 0.3 is 0 Å². The maximum Gasteiger partial charge on any atom is 0.151 e. The Bertz CT molecular complexity index is 321. The Balaban J connectivity index is 2.57. The Kier molecular flexibility index (Phi) is 5.41. The van der Waals surface area contributed by atoms with Crippen molar-refractivity contribution in [3.05, 3.63) is 0 Å². The lowest BCUT2D eigenvalue weighted by Crippen LogP contribution is -2.54. The van der Waals surface area contributed by atoms with Gasteiger partial charge < -0.3 is 5.73 Å². The molecule has 0 amide bonds. The van der Waals surface area contributed by atoms with Crippen LogP contribution >= 0.6 is 0 Å². The molecule has 1 aliphatic rings. The Labute approximate surface area is 105 Å². The third kappa shape index (κ3) is 3.93. The molecule has 0 unspecified atom stereocenters. The molecular formula is C12H26N2O2S. The number of sulfone groups is 1. The van der Waals surface area contributed by atoms with Gasteiger partial charge in [-0.25, -0.2) is 8.42 Å². The van der Waals surface area contributed by atoms with E-state index in [0.29, 0.717) is 13.1 Å². The largest absolute Gasteiger partial charge is 0.329 e. The van der Waals surface area contributed by atoms with Crippen LogP contribution in [0.15, 0.2) is 0 Å². The van der Waals surface area contributed by atoms with Crippen LogP contribution in [0.5, 0.6) is 0 Å². The minimum absolute atomic E-state index is 0.0432. The van der Waals surface area contributed by atoms with Gasteiger partial charge in [-0.1, -0.05) is 26.2 Å². The van der Waals surface area contributed by atoms with E-state index in [1.807, 2.05) is 7.05 Å². The summed E-state index contributed by atoms with van der Waals surface area (Å²) in [6.45, 7) is 2.94. The number of rotatable bonds is 6. The highest BCUT2D eigenvalue weighted by Gasteiger charge is 2.34. The zero-order chi connectivity index (χ0) is 12.9. The fraction of sp³-hybridized carbons (Fsp3) is 1.00. The zero-order valence-corrected chi connectivity index (χ0v) is 11.9. The molecular weight excluding hydrogens is 236 g/mol. The molecule has 0 aromatic carbocycles. The van der Waals surface area contributed by atoms with Crippen molar-refractivity contribution in [1.29, 1.82) is 0 Å². The Morgan fingerprint density at radius 2 is 1.82 bits per heavy atom. The highest BCUT2D eigenvalue weighted by atomic mass is 32.2. The summed E-state index contributed by atoms with van der Waals surface area (Å²) in [5.41, 5.74) is 5.96. The van der Waals surface area contributed by atoms with Crippen LogP contribution < -0.4 is 5.73 Å². The van der Waals surface area contributed by atoms with E-state index in [4.69, 9.17) is 5.73 Å². The smallest absolute Gasteiger partial charge is 0.151 e. The summed E-state index contributed by atoms with van der Waals surface area (Å²) in [6.07, 6.45) is 5.91. The maximum absolute atomic E-state index is 11.5. The lowest BCUT2D eigenvalue weighted by Gasteiger charge is -2.44. The van der Waals surface area contributed by atoms with Gasteiger partial charge in [0, 0.05) is 24.4 Å². The highest BCUT2D eigenvalue weighted by molar-refractivity contribution is 7.91. The van der Waals surface area contributed by atoms with E-state index in [9.17, 15) is 8.42 Å². The third-order valence-corrected chi connectivity index (χ3v) is 5.84. The number of likely N-dealkylation sites (N-methyl/N-ethyl adjacent to an activating group) is 1. The van der Waals surface area contributed by atoms with Gasteiger partial charge in [0.05, 0.1) is 5.75 Å². The molecule has 1 aliphatic carbocycles. The third-order valence-electron chi connectivity index (χ3n) is 4.15. The van der Waals surface area contributed by atoms with Gasteiger partial charge in [-0.2, -0.15) is 0 Å². The summed E-state index contributed by atoms with van der Waals surface area (Å²) in [5, 5.41) is 0. The van der Waals surface area contributed by atoms with Crippen LogP contribution in [0.1, 0.15) is 39.0 Å². The molecule has 0 saturated heterocycles. The van der Waals surface area contributed by atoms with Crippen LogP contribution in [0.2, 0.25) is 0 Å². The first-order chi connectivity index (χ1) is 7.96. The average molecular weight is 262 g/mol. The van der Waals surface area contributed by atoms with Gasteiger partial charge in [-0.05, 0) is 19.9 Å². The fourth-order valence-corrected chi connectivity index (χ4v) is 3.45. The summed E-state index contributed by atoms with van der Waals surface area (Å²) in [4.78, 5) is 2.18. The fourth-order valence-electron chi connectivity index (χ4n) is 2.61. The van der Waals surface area contributed by atoms with Gasteiger partial charge in [-0.15, -0.1) is 0 Å². The van der Waals surface area contributed by atoms with Crippen LogP contribution in [0, 0.1) is 0 Å². The molecule has 0 aromatic rings. The van der Waals surface area contributed by atoms with Crippen molar-refractivity contribution in [2.24, 2.45) is 5.73 Å². The Morgan fingerprint density at radius 1 is 1.24 bits per heavy atom. The van der Waals surface area contributed by atoms with Gasteiger partial charge in [0.2, 0.25) is 0 Å². The Hall–Kier alpha value is -0.130. The molecule has 4 nitrogen and oxygen atoms in total. The topological polar surface area (TPSA) is 63.4 Å². The summed E-state index contributed by atoms with van der Waals surface area (Å²) >= 11 is 0. The number of nitrogens with zero attached hydrogens (tertiary/aromatic N) is 1. The normalized spacial score (nSPS) is 20.7. The first-order valence-electron chi connectivity index (χ1n) is 6.57. The minimum Gasteiger partial charge on any atom is -0.329 e. The molecule has 0 aromatic heterocycles. The van der Waals surface area contributed by atoms with Crippen LogP contribution in [0.3, 0.4) is 0 Å². The molecule has 5 heteroatoms. The van der Waals surface area contributed by atoms with Crippen LogP contribution in [-0.2, 0) is 9.84 Å². The van der Waals surface area contributed by atoms with Gasteiger partial charge in [-0.3, -0.25) is 4.90 Å². The SMILES string of the molecule is CCS(=O)(=O)CCN(C)C1(CN)CCCCC1. The summed E-state index contributed by atoms with van der Waals surface area (Å²) in [6, 6.07) is 0. The molecule has 2 N–H and O–H groups in total. The average Bonchev–Trinajstić information content (AvgIpc) is 2.37. The van der Waals surface area contributed by atoms with E-state index in [2.05, 4.69) is 4.90 Å². The second-order valence-electron chi connectivity index (χ2n) is 5.15. The van der Waals surface area contributed by atoms with Crippen LogP contribution in [-0.4, -0.2) is 50.5 Å². The standard InChI is InChI=1S/C12H26N2O2S/c1-3-17(15,16)10-9-14(2)12(11-13)7-5-4-6-8-12/h3-11,13H2,1-2H3. The summed E-state index contributed by atoms with van der Waals surface area (Å²) in [5.74, 6) is 0.484. The van der Waals surface area contributed by atoms with Crippen LogP contribution in [0.4, 0.5) is 0 Å². The Morgan fingerprint density at radius 3 is 2.29 bits per heavy atom. The molecule has 1 saturated carbocycles. The quantitative estimate of drug-likeness (QED) is 0.776. The molecule has 0 bridgehead atoms. The van der Waals surface area contributed by atoms with Crippen molar-refractivity contribution in [2.75, 3.05) is 31.6 Å². The lowest BCUT2D eigenvalue weighted by molar-refractivity contribution is 0.0888. The van der Waals surface area contributed by atoms with Crippen LogP contribution in [0.25, 0.3) is 0 Å². The van der Waals surface area contributed by atoms with E-state index in [0.717, 1.165) is 12.8 Å². The van der Waals surface area contributed by atoms with E-state index in [-0.39, 0.29) is 17.0 Å². The molecule has 0 heterocycles. The van der Waals surface area contributed by atoms with E-state index in [1.54, 1.807) is 6.92 Å². The predicted octanol–water partition coefficient (Wildman–Crippen LogP) is 1.01. The van der Waals surface area contributed by atoms with Crippen molar-refractivity contribution in [2.45, 2.75) is 44.6 Å². The molecule has 0 atom stereocenters. The van der Waals surface area contributed by atoms with Crippen molar-refractivity contribution >= 4 is 9.84 Å². The van der Waals surface area contributed by atoms with Gasteiger partial charge in [0.25, 0.3) is 0 Å². The lowest BCUT2D eigenvalue weighted by atomic mass is 9.80. The predicted molar refractivity (Wildman–Crippen MR) is 71.8 cm³/mol. The molecule has 102 valence electrons. The summed E-state index contributed by atoms with van der Waals surface area (Å²) < 4.78 is 23.0. The van der Waals surface area contributed by atoms with E-state index >= 15 is 0 Å². The first-order valence-corrected chi connectivity index (χ1v) is 8.40. The monoisotopic (exact) mass is 262 g/mol. The zero-order valence-electron chi connectivity index (χ0n) is 11.1. The molecule has 1 rings (SSSR count). The molecule has 0 aliphatic heterocycles. The van der Waals surface area contributed by atoms with Gasteiger partial charge in [0.15, 0.2) is 9.84 Å². The second kappa shape index (κ2) is 6.16. The van der Waals surface area contributed by atoms with Gasteiger partial charge in [0.1, 0.15) is 0 Å². The second-order valence-corrected chi connectivity index (χ2v) is 7.62. The summed E-state index contributed by atoms with van der Waals surface area (Å²) in [7, 11) is -0.853.